The standard InChI is InChI=1S/C21H27ClN2O4/c1-15-4-2-3-5-17(21(27)23-10-11-28-20(26)12-15)13-19(25)24-14-16-6-8-18(22)9-7-16/h2-3,6-9,15,17H,4-5,10-14H2,1H3,(H,23,27)(H,24,25)/b3-2+/t15?,17-/m0/s1. The molecule has 1 aromatic carbocycles. The van der Waals surface area contributed by atoms with E-state index < -0.39 is 5.92 Å². The van der Waals surface area contributed by atoms with Crippen molar-refractivity contribution in [2.24, 2.45) is 11.8 Å². The van der Waals surface area contributed by atoms with E-state index in [-0.39, 0.29) is 43.3 Å². The summed E-state index contributed by atoms with van der Waals surface area (Å²) in [5, 5.41) is 6.22. The highest BCUT2D eigenvalue weighted by Gasteiger charge is 2.21. The van der Waals surface area contributed by atoms with E-state index in [0.717, 1.165) is 12.0 Å². The molecule has 0 saturated heterocycles. The predicted octanol–water partition coefficient (Wildman–Crippen LogP) is 3.00. The molecule has 2 N–H and O–H groups in total. The smallest absolute Gasteiger partial charge is 0.306 e. The lowest BCUT2D eigenvalue weighted by Crippen LogP contribution is -2.36. The van der Waals surface area contributed by atoms with E-state index in [2.05, 4.69) is 10.6 Å². The molecule has 2 atom stereocenters. The molecule has 6 nitrogen and oxygen atoms in total. The van der Waals surface area contributed by atoms with E-state index >= 15 is 0 Å². The second-order valence-electron chi connectivity index (χ2n) is 7.07. The number of hydrogen-bond acceptors (Lipinski definition) is 4. The molecule has 28 heavy (non-hydrogen) atoms. The maximum absolute atomic E-state index is 12.4. The highest BCUT2D eigenvalue weighted by molar-refractivity contribution is 6.30. The van der Waals surface area contributed by atoms with Crippen molar-refractivity contribution in [3.63, 3.8) is 0 Å². The van der Waals surface area contributed by atoms with Gasteiger partial charge in [-0.05, 0) is 36.5 Å². The fourth-order valence-corrected chi connectivity index (χ4v) is 3.01. The molecular weight excluding hydrogens is 380 g/mol. The molecule has 1 unspecified atom stereocenters. The number of carbonyl (C=O) groups excluding carboxylic acids is 3. The van der Waals surface area contributed by atoms with Crippen molar-refractivity contribution in [2.75, 3.05) is 13.2 Å². The van der Waals surface area contributed by atoms with Crippen LogP contribution in [0.2, 0.25) is 5.02 Å². The van der Waals surface area contributed by atoms with Crippen LogP contribution in [0.1, 0.15) is 38.2 Å². The topological polar surface area (TPSA) is 84.5 Å². The molecule has 1 aliphatic heterocycles. The molecule has 0 fully saturated rings. The molecule has 7 heteroatoms. The Morgan fingerprint density at radius 1 is 1.21 bits per heavy atom. The Morgan fingerprint density at radius 3 is 2.68 bits per heavy atom. The molecular formula is C21H27ClN2O4. The number of ether oxygens (including phenoxy) is 1. The Bertz CT molecular complexity index is 703. The molecule has 0 aliphatic carbocycles. The van der Waals surface area contributed by atoms with Gasteiger partial charge in [-0.3, -0.25) is 14.4 Å². The van der Waals surface area contributed by atoms with Crippen LogP contribution in [0.3, 0.4) is 0 Å². The zero-order valence-corrected chi connectivity index (χ0v) is 16.8. The third-order valence-electron chi connectivity index (χ3n) is 4.51. The summed E-state index contributed by atoms with van der Waals surface area (Å²) in [5.41, 5.74) is 0.938. The number of cyclic esters (lactones) is 1. The number of nitrogens with one attached hydrogen (secondary N) is 2. The van der Waals surface area contributed by atoms with Gasteiger partial charge in [0.05, 0.1) is 12.5 Å². The molecule has 0 aromatic heterocycles. The minimum Gasteiger partial charge on any atom is -0.464 e. The fraction of sp³-hybridized carbons (Fsp3) is 0.476. The number of allylic oxidation sites excluding steroid dienone is 2. The number of amides is 2. The minimum absolute atomic E-state index is 0.0963. The van der Waals surface area contributed by atoms with Crippen molar-refractivity contribution >= 4 is 29.4 Å². The number of halogens is 1. The van der Waals surface area contributed by atoms with Crippen LogP contribution >= 0.6 is 11.6 Å². The summed E-state index contributed by atoms with van der Waals surface area (Å²) in [5.74, 6) is -0.947. The van der Waals surface area contributed by atoms with Gasteiger partial charge in [0.1, 0.15) is 6.61 Å². The number of hydrogen-bond donors (Lipinski definition) is 2. The van der Waals surface area contributed by atoms with Gasteiger partial charge in [-0.2, -0.15) is 0 Å². The zero-order chi connectivity index (χ0) is 20.4. The van der Waals surface area contributed by atoms with Crippen molar-refractivity contribution < 1.29 is 19.1 Å². The lowest BCUT2D eigenvalue weighted by Gasteiger charge is -2.15. The molecule has 1 aliphatic rings. The van der Waals surface area contributed by atoms with Gasteiger partial charge in [0.15, 0.2) is 0 Å². The summed E-state index contributed by atoms with van der Waals surface area (Å²) in [4.78, 5) is 36.4. The van der Waals surface area contributed by atoms with Gasteiger partial charge < -0.3 is 15.4 Å². The molecule has 152 valence electrons. The average molecular weight is 407 g/mol. The molecule has 0 spiro atoms. The van der Waals surface area contributed by atoms with Crippen molar-refractivity contribution in [3.05, 3.63) is 47.0 Å². The monoisotopic (exact) mass is 406 g/mol. The first-order valence-electron chi connectivity index (χ1n) is 9.53. The Hall–Kier alpha value is -2.34. The van der Waals surface area contributed by atoms with E-state index in [1.807, 2.05) is 31.2 Å². The van der Waals surface area contributed by atoms with Crippen LogP contribution in [-0.2, 0) is 25.7 Å². The van der Waals surface area contributed by atoms with E-state index in [1.165, 1.54) is 0 Å². The molecule has 1 aromatic rings. The normalized spacial score (nSPS) is 22.6. The lowest BCUT2D eigenvalue weighted by atomic mass is 9.98. The number of benzene rings is 1. The van der Waals surface area contributed by atoms with Gasteiger partial charge in [-0.25, -0.2) is 0 Å². The fourth-order valence-electron chi connectivity index (χ4n) is 2.88. The van der Waals surface area contributed by atoms with Crippen LogP contribution in [0.15, 0.2) is 36.4 Å². The Kier molecular flexibility index (Phi) is 9.01. The van der Waals surface area contributed by atoms with Gasteiger partial charge in [0, 0.05) is 24.4 Å². The lowest BCUT2D eigenvalue weighted by molar-refractivity contribution is -0.145. The Labute approximate surface area is 170 Å². The van der Waals surface area contributed by atoms with Crippen LogP contribution in [0.25, 0.3) is 0 Å². The molecule has 0 saturated carbocycles. The highest BCUT2D eigenvalue weighted by Crippen LogP contribution is 2.15. The quantitative estimate of drug-likeness (QED) is 0.594. The van der Waals surface area contributed by atoms with Crippen molar-refractivity contribution in [1.82, 2.24) is 10.6 Å². The van der Waals surface area contributed by atoms with E-state index in [1.54, 1.807) is 12.1 Å². The maximum atomic E-state index is 12.4. The van der Waals surface area contributed by atoms with Crippen molar-refractivity contribution in [3.8, 4) is 0 Å². The van der Waals surface area contributed by atoms with Gasteiger partial charge in [-0.15, -0.1) is 0 Å². The first-order chi connectivity index (χ1) is 13.4. The summed E-state index contributed by atoms with van der Waals surface area (Å²) in [6.45, 7) is 2.75. The van der Waals surface area contributed by atoms with Crippen LogP contribution in [0.4, 0.5) is 0 Å². The SMILES string of the molecule is CC1C/C=C/C[C@@H](CC(=O)NCc2ccc(Cl)cc2)C(=O)NCCOC(=O)C1. The molecule has 0 bridgehead atoms. The molecule has 2 amide bonds. The summed E-state index contributed by atoms with van der Waals surface area (Å²) < 4.78 is 5.12. The van der Waals surface area contributed by atoms with Crippen LogP contribution in [0, 0.1) is 11.8 Å². The number of rotatable bonds is 4. The van der Waals surface area contributed by atoms with Crippen molar-refractivity contribution in [2.45, 2.75) is 39.2 Å². The first-order valence-corrected chi connectivity index (χ1v) is 9.91. The van der Waals surface area contributed by atoms with E-state index in [9.17, 15) is 14.4 Å². The third kappa shape index (κ3) is 8.13. The van der Waals surface area contributed by atoms with E-state index in [0.29, 0.717) is 24.4 Å². The van der Waals surface area contributed by atoms with Crippen molar-refractivity contribution in [1.29, 1.82) is 0 Å². The molecule has 2 rings (SSSR count). The van der Waals surface area contributed by atoms with Crippen LogP contribution in [-0.4, -0.2) is 30.9 Å². The maximum Gasteiger partial charge on any atom is 0.306 e. The second kappa shape index (κ2) is 11.5. The molecule has 0 radical (unpaired) electrons. The Morgan fingerprint density at radius 2 is 1.93 bits per heavy atom. The predicted molar refractivity (Wildman–Crippen MR) is 108 cm³/mol. The number of esters is 1. The summed E-state index contributed by atoms with van der Waals surface area (Å²) in [6.07, 6.45) is 5.53. The summed E-state index contributed by atoms with van der Waals surface area (Å²) in [6, 6.07) is 7.23. The van der Waals surface area contributed by atoms with Crippen LogP contribution < -0.4 is 10.6 Å². The number of carbonyl (C=O) groups is 3. The largest absolute Gasteiger partial charge is 0.464 e. The molecule has 1 heterocycles. The van der Waals surface area contributed by atoms with Gasteiger partial charge >= 0.3 is 5.97 Å². The second-order valence-corrected chi connectivity index (χ2v) is 7.50. The Balaban J connectivity index is 1.90. The average Bonchev–Trinajstić information content (AvgIpc) is 2.67. The highest BCUT2D eigenvalue weighted by atomic mass is 35.5. The van der Waals surface area contributed by atoms with Gasteiger partial charge in [0.2, 0.25) is 11.8 Å². The van der Waals surface area contributed by atoms with Gasteiger partial charge in [-0.1, -0.05) is 42.8 Å². The van der Waals surface area contributed by atoms with E-state index in [4.69, 9.17) is 16.3 Å². The summed E-state index contributed by atoms with van der Waals surface area (Å²) >= 11 is 5.86. The minimum atomic E-state index is -0.465. The van der Waals surface area contributed by atoms with Gasteiger partial charge in [0.25, 0.3) is 0 Å². The van der Waals surface area contributed by atoms with Crippen LogP contribution in [0.5, 0.6) is 0 Å². The third-order valence-corrected chi connectivity index (χ3v) is 4.76. The summed E-state index contributed by atoms with van der Waals surface area (Å²) in [7, 11) is 0. The first kappa shape index (κ1) is 22.0. The zero-order valence-electron chi connectivity index (χ0n) is 16.1.